The number of hydrogen-bond acceptors (Lipinski definition) is 5. The first kappa shape index (κ1) is 15.1. The highest BCUT2D eigenvalue weighted by molar-refractivity contribution is 7.09. The van der Waals surface area contributed by atoms with E-state index in [1.165, 1.54) is 11.3 Å². The summed E-state index contributed by atoms with van der Waals surface area (Å²) in [5.74, 6) is -1.63. The quantitative estimate of drug-likeness (QED) is 0.720. The van der Waals surface area contributed by atoms with Gasteiger partial charge in [0.1, 0.15) is 0 Å². The lowest BCUT2D eigenvalue weighted by atomic mass is 10.2. The van der Waals surface area contributed by atoms with E-state index in [2.05, 4.69) is 15.6 Å². The zero-order valence-electron chi connectivity index (χ0n) is 10.4. The van der Waals surface area contributed by atoms with Crippen molar-refractivity contribution in [1.82, 2.24) is 15.6 Å². The number of aliphatic carboxylic acids is 1. The second-order valence-electron chi connectivity index (χ2n) is 3.92. The average Bonchev–Trinajstić information content (AvgIpc) is 2.87. The molecule has 0 saturated heterocycles. The fourth-order valence-corrected chi connectivity index (χ4v) is 1.96. The van der Waals surface area contributed by atoms with E-state index in [0.717, 1.165) is 5.01 Å². The molecule has 1 aromatic heterocycles. The number of carbonyl (C=O) groups excluding carboxylic acids is 2. The zero-order valence-corrected chi connectivity index (χ0v) is 11.2. The van der Waals surface area contributed by atoms with Crippen molar-refractivity contribution >= 4 is 29.2 Å². The number of nitrogens with zero attached hydrogens (tertiary/aromatic N) is 1. The Morgan fingerprint density at radius 1 is 1.42 bits per heavy atom. The minimum absolute atomic E-state index is 0.0554. The van der Waals surface area contributed by atoms with Crippen LogP contribution in [0.2, 0.25) is 0 Å². The molecular formula is C11H15N3O4S. The molecule has 19 heavy (non-hydrogen) atoms. The van der Waals surface area contributed by atoms with Crippen LogP contribution in [0.15, 0.2) is 11.6 Å². The number of imide groups is 1. The topological polar surface area (TPSA) is 108 Å². The second-order valence-corrected chi connectivity index (χ2v) is 4.85. The van der Waals surface area contributed by atoms with E-state index in [1.54, 1.807) is 6.20 Å². The summed E-state index contributed by atoms with van der Waals surface area (Å²) < 4.78 is 0. The van der Waals surface area contributed by atoms with Gasteiger partial charge in [-0.1, -0.05) is 6.92 Å². The van der Waals surface area contributed by atoms with E-state index in [0.29, 0.717) is 6.54 Å². The van der Waals surface area contributed by atoms with Crippen LogP contribution in [-0.2, 0) is 9.59 Å². The average molecular weight is 285 g/mol. The molecule has 0 aromatic carbocycles. The molecule has 3 N–H and O–H groups in total. The molecule has 1 unspecified atom stereocenters. The lowest BCUT2D eigenvalue weighted by Gasteiger charge is -2.10. The Kier molecular flexibility index (Phi) is 5.94. The van der Waals surface area contributed by atoms with Crippen LogP contribution < -0.4 is 10.6 Å². The van der Waals surface area contributed by atoms with Gasteiger partial charge in [-0.05, 0) is 0 Å². The predicted octanol–water partition coefficient (Wildman–Crippen LogP) is 0.937. The van der Waals surface area contributed by atoms with Crippen LogP contribution in [0.5, 0.6) is 0 Å². The second kappa shape index (κ2) is 7.47. The van der Waals surface area contributed by atoms with Crippen LogP contribution in [0.3, 0.4) is 0 Å². The normalized spacial score (nSPS) is 11.6. The summed E-state index contributed by atoms with van der Waals surface area (Å²) in [4.78, 5) is 36.9. The summed E-state index contributed by atoms with van der Waals surface area (Å²) in [5.41, 5.74) is 0. The van der Waals surface area contributed by atoms with Gasteiger partial charge < -0.3 is 10.4 Å². The van der Waals surface area contributed by atoms with E-state index in [9.17, 15) is 14.4 Å². The number of carboxylic acids is 1. The van der Waals surface area contributed by atoms with Gasteiger partial charge in [-0.2, -0.15) is 0 Å². The Morgan fingerprint density at radius 3 is 2.74 bits per heavy atom. The zero-order chi connectivity index (χ0) is 14.3. The molecule has 1 rings (SSSR count). The third-order valence-corrected chi connectivity index (χ3v) is 3.27. The smallest absolute Gasteiger partial charge is 0.321 e. The third kappa shape index (κ3) is 5.96. The summed E-state index contributed by atoms with van der Waals surface area (Å²) >= 11 is 1.49. The highest BCUT2D eigenvalue weighted by Gasteiger charge is 2.12. The first-order valence-corrected chi connectivity index (χ1v) is 6.56. The van der Waals surface area contributed by atoms with E-state index in [4.69, 9.17) is 5.11 Å². The van der Waals surface area contributed by atoms with Crippen molar-refractivity contribution in [3.8, 4) is 0 Å². The highest BCUT2D eigenvalue weighted by atomic mass is 32.1. The molecule has 8 heteroatoms. The van der Waals surface area contributed by atoms with Crippen molar-refractivity contribution in [2.24, 2.45) is 0 Å². The maximum Gasteiger partial charge on any atom is 0.321 e. The number of amides is 3. The van der Waals surface area contributed by atoms with Gasteiger partial charge in [0.25, 0.3) is 0 Å². The van der Waals surface area contributed by atoms with Gasteiger partial charge in [-0.15, -0.1) is 11.3 Å². The molecule has 0 saturated carbocycles. The molecule has 0 bridgehead atoms. The first-order chi connectivity index (χ1) is 8.99. The molecule has 0 fully saturated rings. The number of carboxylic acid groups (broad SMARTS) is 1. The minimum Gasteiger partial charge on any atom is -0.481 e. The van der Waals surface area contributed by atoms with E-state index in [1.807, 2.05) is 12.3 Å². The van der Waals surface area contributed by atoms with Gasteiger partial charge in [0.05, 0.1) is 11.4 Å². The van der Waals surface area contributed by atoms with Crippen molar-refractivity contribution in [1.29, 1.82) is 0 Å². The molecular weight excluding hydrogens is 270 g/mol. The molecule has 104 valence electrons. The standard InChI is InChI=1S/C11H15N3O4S/c1-7(10-12-4-5-19-10)6-13-11(18)14-8(15)2-3-9(16)17/h4-5,7H,2-3,6H2,1H3,(H,16,17)(H2,13,14,15,18). The molecule has 1 atom stereocenters. The predicted molar refractivity (Wildman–Crippen MR) is 68.9 cm³/mol. The number of carbonyl (C=O) groups is 3. The maximum atomic E-state index is 11.4. The van der Waals surface area contributed by atoms with Crippen LogP contribution in [0.4, 0.5) is 4.79 Å². The number of nitrogens with one attached hydrogen (secondary N) is 2. The first-order valence-electron chi connectivity index (χ1n) is 5.68. The monoisotopic (exact) mass is 285 g/mol. The Hall–Kier alpha value is -1.96. The third-order valence-electron chi connectivity index (χ3n) is 2.26. The molecule has 7 nitrogen and oxygen atoms in total. The molecule has 0 aliphatic heterocycles. The molecule has 1 heterocycles. The number of thiazole rings is 1. The van der Waals surface area contributed by atoms with E-state index in [-0.39, 0.29) is 18.8 Å². The molecule has 1 aromatic rings. The molecule has 0 radical (unpaired) electrons. The van der Waals surface area contributed by atoms with Crippen LogP contribution in [0.1, 0.15) is 30.7 Å². The van der Waals surface area contributed by atoms with Crippen molar-refractivity contribution < 1.29 is 19.5 Å². The van der Waals surface area contributed by atoms with Gasteiger partial charge in [0.15, 0.2) is 0 Å². The lowest BCUT2D eigenvalue weighted by Crippen LogP contribution is -2.40. The van der Waals surface area contributed by atoms with E-state index >= 15 is 0 Å². The fourth-order valence-electron chi connectivity index (χ4n) is 1.26. The summed E-state index contributed by atoms with van der Waals surface area (Å²) in [6.07, 6.45) is 1.17. The number of rotatable bonds is 6. The Balaban J connectivity index is 2.24. The number of hydrogen-bond donors (Lipinski definition) is 3. The summed E-state index contributed by atoms with van der Waals surface area (Å²) in [6.45, 7) is 2.26. The van der Waals surface area contributed by atoms with Gasteiger partial charge in [0.2, 0.25) is 5.91 Å². The summed E-state index contributed by atoms with van der Waals surface area (Å²) in [5, 5.41) is 15.7. The minimum atomic E-state index is -1.08. The van der Waals surface area contributed by atoms with E-state index < -0.39 is 17.9 Å². The van der Waals surface area contributed by atoms with Crippen molar-refractivity contribution in [2.75, 3.05) is 6.54 Å². The van der Waals surface area contributed by atoms with Crippen molar-refractivity contribution in [2.45, 2.75) is 25.7 Å². The van der Waals surface area contributed by atoms with Crippen molar-refractivity contribution in [3.05, 3.63) is 16.6 Å². The van der Waals surface area contributed by atoms with Gasteiger partial charge >= 0.3 is 12.0 Å². The molecule has 0 aliphatic rings. The van der Waals surface area contributed by atoms with Crippen molar-refractivity contribution in [3.63, 3.8) is 0 Å². The molecule has 3 amide bonds. The van der Waals surface area contributed by atoms with Gasteiger partial charge in [0, 0.05) is 30.5 Å². The highest BCUT2D eigenvalue weighted by Crippen LogP contribution is 2.16. The number of urea groups is 1. The van der Waals surface area contributed by atoms with Crippen LogP contribution >= 0.6 is 11.3 Å². The lowest BCUT2D eigenvalue weighted by molar-refractivity contribution is -0.138. The fraction of sp³-hybridized carbons (Fsp3) is 0.455. The maximum absolute atomic E-state index is 11.4. The van der Waals surface area contributed by atoms with Crippen LogP contribution in [0.25, 0.3) is 0 Å². The Bertz CT molecular complexity index is 447. The van der Waals surface area contributed by atoms with Crippen LogP contribution in [0, 0.1) is 0 Å². The molecule has 0 spiro atoms. The Labute approximate surface area is 114 Å². The number of aromatic nitrogens is 1. The summed E-state index contributed by atoms with van der Waals surface area (Å²) in [7, 11) is 0. The molecule has 0 aliphatic carbocycles. The SMILES string of the molecule is CC(CNC(=O)NC(=O)CCC(=O)O)c1nccs1. The Morgan fingerprint density at radius 2 is 2.16 bits per heavy atom. The summed E-state index contributed by atoms with van der Waals surface area (Å²) in [6, 6.07) is -0.626. The van der Waals surface area contributed by atoms with Gasteiger partial charge in [-0.25, -0.2) is 9.78 Å². The van der Waals surface area contributed by atoms with Gasteiger partial charge in [-0.3, -0.25) is 14.9 Å². The van der Waals surface area contributed by atoms with Crippen LogP contribution in [-0.4, -0.2) is 34.5 Å². The largest absolute Gasteiger partial charge is 0.481 e.